The van der Waals surface area contributed by atoms with E-state index in [9.17, 15) is 4.79 Å². The molecule has 0 radical (unpaired) electrons. The van der Waals surface area contributed by atoms with Crippen molar-refractivity contribution in [3.63, 3.8) is 0 Å². The fourth-order valence-electron chi connectivity index (χ4n) is 1.39. The van der Waals surface area contributed by atoms with Crippen LogP contribution in [0.2, 0.25) is 0 Å². The largest absolute Gasteiger partial charge is 0.398 e. The highest BCUT2D eigenvalue weighted by Crippen LogP contribution is 2.40. The zero-order chi connectivity index (χ0) is 13.0. The quantitative estimate of drug-likeness (QED) is 0.665. The normalized spacial score (nSPS) is 10.2. The van der Waals surface area contributed by atoms with Crippen LogP contribution in [0.25, 0.3) is 0 Å². The summed E-state index contributed by atoms with van der Waals surface area (Å²) < 4.78 is 0. The summed E-state index contributed by atoms with van der Waals surface area (Å²) in [6, 6.07) is 14.9. The third-order valence-corrected chi connectivity index (χ3v) is 4.79. The number of rotatable bonds is 4. The molecular formula is C13H12N2OS2. The van der Waals surface area contributed by atoms with Crippen LogP contribution in [-0.4, -0.2) is 5.91 Å². The Balaban J connectivity index is 2.16. The first-order chi connectivity index (χ1) is 8.68. The third kappa shape index (κ3) is 3.00. The molecule has 0 bridgehead atoms. The van der Waals surface area contributed by atoms with Crippen molar-refractivity contribution in [2.45, 2.75) is 9.79 Å². The molecule has 0 aromatic heterocycles. The van der Waals surface area contributed by atoms with E-state index in [1.54, 1.807) is 12.1 Å². The van der Waals surface area contributed by atoms with Crippen LogP contribution in [0.3, 0.4) is 0 Å². The molecule has 1 amide bonds. The van der Waals surface area contributed by atoms with E-state index in [2.05, 4.69) is 0 Å². The fourth-order valence-corrected chi connectivity index (χ4v) is 3.69. The zero-order valence-corrected chi connectivity index (χ0v) is 11.1. The molecule has 0 aliphatic rings. The van der Waals surface area contributed by atoms with Gasteiger partial charge < -0.3 is 11.5 Å². The topological polar surface area (TPSA) is 69.1 Å². The first kappa shape index (κ1) is 12.9. The van der Waals surface area contributed by atoms with Crippen LogP contribution in [0.1, 0.15) is 10.4 Å². The summed E-state index contributed by atoms with van der Waals surface area (Å²) in [5.74, 6) is -0.417. The van der Waals surface area contributed by atoms with Crippen LogP contribution < -0.4 is 11.5 Å². The minimum Gasteiger partial charge on any atom is -0.398 e. The van der Waals surface area contributed by atoms with Crippen LogP contribution >= 0.6 is 21.6 Å². The van der Waals surface area contributed by atoms with Crippen molar-refractivity contribution in [3.05, 3.63) is 54.1 Å². The predicted octanol–water partition coefficient (Wildman–Crippen LogP) is 3.17. The van der Waals surface area contributed by atoms with Gasteiger partial charge in [0.2, 0.25) is 5.91 Å². The van der Waals surface area contributed by atoms with Crippen LogP contribution in [0.4, 0.5) is 5.69 Å². The van der Waals surface area contributed by atoms with Crippen molar-refractivity contribution < 1.29 is 4.79 Å². The number of para-hydroxylation sites is 1. The van der Waals surface area contributed by atoms with Crippen LogP contribution in [0.5, 0.6) is 0 Å². The van der Waals surface area contributed by atoms with E-state index in [1.807, 2.05) is 36.4 Å². The molecule has 2 rings (SSSR count). The number of carbonyl (C=O) groups excluding carboxylic acids is 1. The van der Waals surface area contributed by atoms with Gasteiger partial charge in [0.25, 0.3) is 0 Å². The molecule has 2 aromatic rings. The molecule has 0 aliphatic heterocycles. The van der Waals surface area contributed by atoms with Crippen molar-refractivity contribution in [2.75, 3.05) is 5.73 Å². The molecule has 0 spiro atoms. The number of primary amides is 1. The van der Waals surface area contributed by atoms with Crippen molar-refractivity contribution in [1.82, 2.24) is 0 Å². The number of amides is 1. The average molecular weight is 276 g/mol. The van der Waals surface area contributed by atoms with Crippen LogP contribution in [0, 0.1) is 0 Å². The lowest BCUT2D eigenvalue weighted by molar-refractivity contribution is 0.0997. The Morgan fingerprint density at radius 3 is 2.11 bits per heavy atom. The SMILES string of the molecule is NC(=O)c1ccccc1SSc1ccccc1N. The molecule has 3 nitrogen and oxygen atoms in total. The van der Waals surface area contributed by atoms with Crippen molar-refractivity contribution >= 4 is 33.2 Å². The summed E-state index contributed by atoms with van der Waals surface area (Å²) in [5, 5.41) is 0. The molecule has 0 heterocycles. The highest BCUT2D eigenvalue weighted by Gasteiger charge is 2.09. The molecule has 92 valence electrons. The third-order valence-electron chi connectivity index (χ3n) is 2.29. The summed E-state index contributed by atoms with van der Waals surface area (Å²) in [6.07, 6.45) is 0. The second kappa shape index (κ2) is 5.84. The molecule has 18 heavy (non-hydrogen) atoms. The summed E-state index contributed by atoms with van der Waals surface area (Å²) in [4.78, 5) is 13.1. The maximum Gasteiger partial charge on any atom is 0.249 e. The molecule has 0 aliphatic carbocycles. The highest BCUT2D eigenvalue weighted by atomic mass is 33.1. The monoisotopic (exact) mass is 276 g/mol. The van der Waals surface area contributed by atoms with Gasteiger partial charge in [-0.3, -0.25) is 4.79 Å². The Morgan fingerprint density at radius 2 is 1.44 bits per heavy atom. The van der Waals surface area contributed by atoms with E-state index < -0.39 is 5.91 Å². The fraction of sp³-hybridized carbons (Fsp3) is 0. The summed E-state index contributed by atoms with van der Waals surface area (Å²) in [7, 11) is 2.99. The molecule has 5 heteroatoms. The Hall–Kier alpha value is -1.59. The summed E-state index contributed by atoms with van der Waals surface area (Å²) in [5.41, 5.74) is 12.4. The van der Waals surface area contributed by atoms with Gasteiger partial charge >= 0.3 is 0 Å². The number of hydrogen-bond acceptors (Lipinski definition) is 4. The number of anilines is 1. The highest BCUT2D eigenvalue weighted by molar-refractivity contribution is 8.76. The Kier molecular flexibility index (Phi) is 4.17. The second-order valence-corrected chi connectivity index (χ2v) is 5.78. The lowest BCUT2D eigenvalue weighted by Gasteiger charge is -2.06. The number of nitrogen functional groups attached to an aromatic ring is 1. The Bertz CT molecular complexity index is 572. The van der Waals surface area contributed by atoms with Gasteiger partial charge in [0.05, 0.1) is 5.56 Å². The minimum absolute atomic E-state index is 0.417. The molecular weight excluding hydrogens is 264 g/mol. The van der Waals surface area contributed by atoms with E-state index in [4.69, 9.17) is 11.5 Å². The van der Waals surface area contributed by atoms with Crippen molar-refractivity contribution in [3.8, 4) is 0 Å². The van der Waals surface area contributed by atoms with Gasteiger partial charge in [-0.25, -0.2) is 0 Å². The van der Waals surface area contributed by atoms with Gasteiger partial charge in [0, 0.05) is 15.5 Å². The number of nitrogens with two attached hydrogens (primary N) is 2. The summed E-state index contributed by atoms with van der Waals surface area (Å²) >= 11 is 0. The molecule has 0 atom stereocenters. The molecule has 0 saturated heterocycles. The molecule has 0 fully saturated rings. The van der Waals surface area contributed by atoms with Crippen LogP contribution in [0.15, 0.2) is 58.3 Å². The predicted molar refractivity (Wildman–Crippen MR) is 77.5 cm³/mol. The zero-order valence-electron chi connectivity index (χ0n) is 9.50. The summed E-state index contributed by atoms with van der Waals surface area (Å²) in [6.45, 7) is 0. The lowest BCUT2D eigenvalue weighted by atomic mass is 10.2. The average Bonchev–Trinajstić information content (AvgIpc) is 2.38. The maximum atomic E-state index is 11.3. The van der Waals surface area contributed by atoms with Crippen LogP contribution in [-0.2, 0) is 0 Å². The first-order valence-corrected chi connectivity index (χ1v) is 7.41. The smallest absolute Gasteiger partial charge is 0.249 e. The van der Waals surface area contributed by atoms with Gasteiger partial charge in [-0.15, -0.1) is 0 Å². The lowest BCUT2D eigenvalue weighted by Crippen LogP contribution is -2.11. The number of hydrogen-bond donors (Lipinski definition) is 2. The van der Waals surface area contributed by atoms with Gasteiger partial charge in [-0.1, -0.05) is 45.9 Å². The minimum atomic E-state index is -0.417. The number of benzene rings is 2. The van der Waals surface area contributed by atoms with E-state index in [0.29, 0.717) is 5.56 Å². The molecule has 2 aromatic carbocycles. The van der Waals surface area contributed by atoms with Crippen molar-refractivity contribution in [1.29, 1.82) is 0 Å². The second-order valence-electron chi connectivity index (χ2n) is 3.56. The van der Waals surface area contributed by atoms with Crippen molar-refractivity contribution in [2.24, 2.45) is 5.73 Å². The van der Waals surface area contributed by atoms with E-state index >= 15 is 0 Å². The first-order valence-electron chi connectivity index (χ1n) is 5.26. The number of carbonyl (C=O) groups is 1. The molecule has 0 unspecified atom stereocenters. The molecule has 0 saturated carbocycles. The Morgan fingerprint density at radius 1 is 0.889 bits per heavy atom. The van der Waals surface area contributed by atoms with E-state index in [0.717, 1.165) is 15.5 Å². The standard InChI is InChI=1S/C13H12N2OS2/c14-10-6-2-4-8-12(10)18-17-11-7-3-1-5-9(11)13(15)16/h1-8H,14H2,(H2,15,16). The van der Waals surface area contributed by atoms with Gasteiger partial charge in [-0.2, -0.15) is 0 Å². The molecule has 4 N–H and O–H groups in total. The van der Waals surface area contributed by atoms with Gasteiger partial charge in [0.1, 0.15) is 0 Å². The van der Waals surface area contributed by atoms with Gasteiger partial charge in [-0.05, 0) is 24.3 Å². The Labute approximate surface area is 113 Å². The maximum absolute atomic E-state index is 11.3. The van der Waals surface area contributed by atoms with Gasteiger partial charge in [0.15, 0.2) is 0 Å². The van der Waals surface area contributed by atoms with E-state index in [-0.39, 0.29) is 0 Å². The van der Waals surface area contributed by atoms with E-state index in [1.165, 1.54) is 21.6 Å².